The van der Waals surface area contributed by atoms with Gasteiger partial charge in [-0.3, -0.25) is 19.0 Å². The summed E-state index contributed by atoms with van der Waals surface area (Å²) >= 11 is 0. The molecule has 14 heavy (non-hydrogen) atoms. The zero-order valence-electron chi connectivity index (χ0n) is 6.82. The molecule has 1 aliphatic heterocycles. The lowest BCUT2D eigenvalue weighted by molar-refractivity contribution is -0.137. The van der Waals surface area contributed by atoms with E-state index in [1.807, 2.05) is 0 Å². The van der Waals surface area contributed by atoms with E-state index in [2.05, 4.69) is 0 Å². The number of carbonyl (C=O) groups is 2. The largest absolute Gasteiger partial charge is 0.374 e. The van der Waals surface area contributed by atoms with Crippen LogP contribution in [0.1, 0.15) is 0 Å². The predicted molar refractivity (Wildman–Crippen MR) is 43.4 cm³/mol. The first kappa shape index (κ1) is 10.8. The van der Waals surface area contributed by atoms with Crippen molar-refractivity contribution in [3.05, 3.63) is 12.2 Å². The first-order chi connectivity index (χ1) is 6.32. The average Bonchev–Trinajstić information content (AvgIpc) is 2.34. The normalized spacial score (nSPS) is 19.1. The number of amides is 2. The van der Waals surface area contributed by atoms with Crippen molar-refractivity contribution in [2.24, 2.45) is 0 Å². The van der Waals surface area contributed by atoms with Gasteiger partial charge in [0.2, 0.25) is 0 Å². The summed E-state index contributed by atoms with van der Waals surface area (Å²) in [5.74, 6) is -1.45. The number of carbonyl (C=O) groups excluding carboxylic acids is 2. The van der Waals surface area contributed by atoms with Crippen LogP contribution in [0.2, 0.25) is 0 Å². The number of nitrogens with zero attached hydrogens (tertiary/aromatic N) is 1. The number of aliphatic hydroxyl groups excluding tert-OH is 1. The number of β-amino-alcohol motifs (C(OH)–C–C–N with tert-alkyl or cyclic N) is 1. The van der Waals surface area contributed by atoms with Gasteiger partial charge in [0.15, 0.2) is 5.44 Å². The van der Waals surface area contributed by atoms with Crippen LogP contribution in [0.5, 0.6) is 0 Å². The summed E-state index contributed by atoms with van der Waals surface area (Å²) in [6.07, 6.45) is 1.89. The molecule has 0 aromatic heterocycles. The van der Waals surface area contributed by atoms with E-state index < -0.39 is 33.9 Å². The Kier molecular flexibility index (Phi) is 2.69. The molecule has 0 spiro atoms. The van der Waals surface area contributed by atoms with E-state index in [0.29, 0.717) is 4.90 Å². The lowest BCUT2D eigenvalue weighted by Gasteiger charge is -2.15. The Labute approximate surface area is 79.4 Å². The van der Waals surface area contributed by atoms with Gasteiger partial charge in [-0.15, -0.1) is 0 Å². The van der Waals surface area contributed by atoms with E-state index in [0.717, 1.165) is 12.2 Å². The van der Waals surface area contributed by atoms with Crippen LogP contribution in [0.4, 0.5) is 0 Å². The van der Waals surface area contributed by atoms with Gasteiger partial charge in [-0.05, 0) is 0 Å². The molecule has 1 aliphatic rings. The molecule has 1 heterocycles. The molecule has 2 amide bonds. The first-order valence-corrected chi connectivity index (χ1v) is 5.00. The zero-order valence-corrected chi connectivity index (χ0v) is 7.64. The molecule has 2 N–H and O–H groups in total. The maximum atomic E-state index is 10.9. The van der Waals surface area contributed by atoms with Gasteiger partial charge < -0.3 is 5.11 Å². The summed E-state index contributed by atoms with van der Waals surface area (Å²) in [6.45, 7) is -0.774. The van der Waals surface area contributed by atoms with E-state index in [9.17, 15) is 18.0 Å². The minimum Gasteiger partial charge on any atom is -0.374 e. The predicted octanol–water partition coefficient (Wildman–Crippen LogP) is -1.88. The summed E-state index contributed by atoms with van der Waals surface area (Å²) < 4.78 is 29.1. The number of imide groups is 1. The van der Waals surface area contributed by atoms with Gasteiger partial charge in [0.1, 0.15) is 0 Å². The Hall–Kier alpha value is -1.25. The number of rotatable bonds is 3. The van der Waals surface area contributed by atoms with E-state index >= 15 is 0 Å². The SMILES string of the molecule is O=C1C=CC(=O)N1CC(O)S(=O)(=O)O. The molecule has 0 saturated carbocycles. The standard InChI is InChI=1S/C6H7NO6S/c8-4-1-2-5(9)7(4)3-6(10)14(11,12)13/h1-2,6,10H,3H2,(H,11,12,13). The molecule has 0 aliphatic carbocycles. The third kappa shape index (κ3) is 2.16. The molecule has 0 saturated heterocycles. The summed E-state index contributed by atoms with van der Waals surface area (Å²) in [4.78, 5) is 22.3. The van der Waals surface area contributed by atoms with Crippen molar-refractivity contribution in [2.45, 2.75) is 5.44 Å². The van der Waals surface area contributed by atoms with Crippen LogP contribution in [0.15, 0.2) is 12.2 Å². The lowest BCUT2D eigenvalue weighted by atomic mass is 10.5. The quantitative estimate of drug-likeness (QED) is 0.426. The highest BCUT2D eigenvalue weighted by atomic mass is 32.2. The van der Waals surface area contributed by atoms with Crippen LogP contribution in [-0.4, -0.2) is 46.8 Å². The van der Waals surface area contributed by atoms with Gasteiger partial charge in [-0.25, -0.2) is 0 Å². The van der Waals surface area contributed by atoms with Gasteiger partial charge in [-0.1, -0.05) is 0 Å². The van der Waals surface area contributed by atoms with E-state index in [1.54, 1.807) is 0 Å². The Balaban J connectivity index is 2.71. The lowest BCUT2D eigenvalue weighted by Crippen LogP contribution is -2.40. The van der Waals surface area contributed by atoms with E-state index in [-0.39, 0.29) is 0 Å². The molecule has 1 unspecified atom stereocenters. The van der Waals surface area contributed by atoms with Crippen molar-refractivity contribution in [1.29, 1.82) is 0 Å². The molecule has 0 radical (unpaired) electrons. The molecule has 8 heteroatoms. The van der Waals surface area contributed by atoms with E-state index in [4.69, 9.17) is 9.66 Å². The fourth-order valence-corrected chi connectivity index (χ4v) is 1.20. The Morgan fingerprint density at radius 3 is 2.07 bits per heavy atom. The third-order valence-corrected chi connectivity index (χ3v) is 2.42. The second kappa shape index (κ2) is 3.48. The second-order valence-electron chi connectivity index (χ2n) is 2.59. The molecule has 0 fully saturated rings. The van der Waals surface area contributed by atoms with Gasteiger partial charge in [0.05, 0.1) is 6.54 Å². The van der Waals surface area contributed by atoms with Gasteiger partial charge in [0.25, 0.3) is 21.9 Å². The molecular formula is C6H7NO6S. The molecule has 1 atom stereocenters. The van der Waals surface area contributed by atoms with Crippen LogP contribution in [0.25, 0.3) is 0 Å². The van der Waals surface area contributed by atoms with Gasteiger partial charge >= 0.3 is 0 Å². The number of aliphatic hydroxyl groups is 1. The van der Waals surface area contributed by atoms with Crippen molar-refractivity contribution in [3.63, 3.8) is 0 Å². The van der Waals surface area contributed by atoms with Crippen LogP contribution in [-0.2, 0) is 19.7 Å². The summed E-state index contributed by atoms with van der Waals surface area (Å²) in [7, 11) is -4.66. The first-order valence-electron chi connectivity index (χ1n) is 3.50. The van der Waals surface area contributed by atoms with Crippen molar-refractivity contribution < 1.29 is 27.7 Å². The molecule has 1 rings (SSSR count). The minimum atomic E-state index is -4.66. The number of hydrogen-bond donors (Lipinski definition) is 2. The fourth-order valence-electron chi connectivity index (χ4n) is 0.861. The maximum absolute atomic E-state index is 10.9. The van der Waals surface area contributed by atoms with Crippen molar-refractivity contribution >= 4 is 21.9 Å². The van der Waals surface area contributed by atoms with Crippen LogP contribution in [0, 0.1) is 0 Å². The molecular weight excluding hydrogens is 214 g/mol. The molecule has 0 bridgehead atoms. The molecule has 78 valence electrons. The zero-order chi connectivity index (χ0) is 10.9. The van der Waals surface area contributed by atoms with Crippen LogP contribution in [0.3, 0.4) is 0 Å². The van der Waals surface area contributed by atoms with E-state index in [1.165, 1.54) is 0 Å². The van der Waals surface area contributed by atoms with Crippen LogP contribution >= 0.6 is 0 Å². The molecule has 0 aromatic rings. The Bertz CT molecular complexity index is 379. The van der Waals surface area contributed by atoms with Crippen molar-refractivity contribution in [3.8, 4) is 0 Å². The number of hydrogen-bond acceptors (Lipinski definition) is 5. The van der Waals surface area contributed by atoms with Crippen LogP contribution < -0.4 is 0 Å². The van der Waals surface area contributed by atoms with Gasteiger partial charge in [0, 0.05) is 12.2 Å². The summed E-state index contributed by atoms with van der Waals surface area (Å²) in [5, 5.41) is 8.87. The minimum absolute atomic E-state index is 0.512. The topological polar surface area (TPSA) is 112 Å². The van der Waals surface area contributed by atoms with Crippen molar-refractivity contribution in [1.82, 2.24) is 4.90 Å². The highest BCUT2D eigenvalue weighted by Gasteiger charge is 2.30. The highest BCUT2D eigenvalue weighted by Crippen LogP contribution is 2.06. The average molecular weight is 221 g/mol. The Morgan fingerprint density at radius 2 is 1.71 bits per heavy atom. The molecule has 0 aromatic carbocycles. The van der Waals surface area contributed by atoms with Gasteiger partial charge in [-0.2, -0.15) is 8.42 Å². The highest BCUT2D eigenvalue weighted by molar-refractivity contribution is 7.86. The smallest absolute Gasteiger partial charge is 0.293 e. The fraction of sp³-hybridized carbons (Fsp3) is 0.333. The summed E-state index contributed by atoms with van der Waals surface area (Å²) in [5.41, 5.74) is -2.17. The monoisotopic (exact) mass is 221 g/mol. The second-order valence-corrected chi connectivity index (χ2v) is 4.16. The Morgan fingerprint density at radius 1 is 1.29 bits per heavy atom. The summed E-state index contributed by atoms with van der Waals surface area (Å²) in [6, 6.07) is 0. The maximum Gasteiger partial charge on any atom is 0.293 e. The van der Waals surface area contributed by atoms with Crippen molar-refractivity contribution in [2.75, 3.05) is 6.54 Å². The molecule has 7 nitrogen and oxygen atoms in total. The third-order valence-electron chi connectivity index (χ3n) is 1.58.